The van der Waals surface area contributed by atoms with E-state index in [1.165, 1.54) is 5.56 Å². The maximum Gasteiger partial charge on any atom is 0.119 e. The zero-order valence-electron chi connectivity index (χ0n) is 10.7. The minimum Gasteiger partial charge on any atom is -0.494 e. The van der Waals surface area contributed by atoms with E-state index in [-0.39, 0.29) is 6.10 Å². The number of aliphatic hydroxyl groups is 1. The van der Waals surface area contributed by atoms with Crippen LogP contribution >= 0.6 is 15.9 Å². The molecule has 0 saturated carbocycles. The summed E-state index contributed by atoms with van der Waals surface area (Å²) in [5, 5.41) is 9.41. The van der Waals surface area contributed by atoms with Gasteiger partial charge in [0, 0.05) is 24.1 Å². The predicted octanol–water partition coefficient (Wildman–Crippen LogP) is 2.59. The maximum absolute atomic E-state index is 9.41. The summed E-state index contributed by atoms with van der Waals surface area (Å²) in [6.07, 6.45) is 1.79. The first-order valence-electron chi connectivity index (χ1n) is 6.44. The fourth-order valence-electron chi connectivity index (χ4n) is 2.20. The second kappa shape index (κ2) is 6.55. The van der Waals surface area contributed by atoms with Gasteiger partial charge in [0.15, 0.2) is 0 Å². The summed E-state index contributed by atoms with van der Waals surface area (Å²) in [6, 6.07) is 6.04. The van der Waals surface area contributed by atoms with Crippen molar-refractivity contribution in [1.29, 1.82) is 0 Å². The van der Waals surface area contributed by atoms with Gasteiger partial charge in [-0.2, -0.15) is 0 Å². The quantitative estimate of drug-likeness (QED) is 0.848. The van der Waals surface area contributed by atoms with Gasteiger partial charge < -0.3 is 14.7 Å². The molecular formula is C14H20BrNO2. The third-order valence-electron chi connectivity index (χ3n) is 3.26. The molecule has 1 aliphatic rings. The summed E-state index contributed by atoms with van der Waals surface area (Å²) in [5.41, 5.74) is 1.19. The summed E-state index contributed by atoms with van der Waals surface area (Å²) >= 11 is 3.48. The van der Waals surface area contributed by atoms with Crippen LogP contribution in [0.25, 0.3) is 0 Å². The van der Waals surface area contributed by atoms with E-state index in [4.69, 9.17) is 4.74 Å². The summed E-state index contributed by atoms with van der Waals surface area (Å²) in [6.45, 7) is 5.62. The summed E-state index contributed by atoms with van der Waals surface area (Å²) < 4.78 is 6.83. The van der Waals surface area contributed by atoms with E-state index in [9.17, 15) is 5.11 Å². The number of benzene rings is 1. The van der Waals surface area contributed by atoms with Crippen LogP contribution in [0.15, 0.2) is 22.7 Å². The third kappa shape index (κ3) is 3.97. The number of nitrogens with zero attached hydrogens (tertiary/aromatic N) is 1. The maximum atomic E-state index is 9.41. The average molecular weight is 314 g/mol. The standard InChI is InChI=1S/C14H20BrNO2/c1-11-9-13(3-4-14(11)15)18-8-2-6-16-7-5-12(17)10-16/h3-4,9,12,17H,2,5-8,10H2,1H3/t12-/m1/s1. The first-order chi connectivity index (χ1) is 8.65. The molecule has 0 unspecified atom stereocenters. The minimum atomic E-state index is -0.125. The van der Waals surface area contributed by atoms with E-state index < -0.39 is 0 Å². The molecule has 1 fully saturated rings. The lowest BCUT2D eigenvalue weighted by molar-refractivity contribution is 0.173. The SMILES string of the molecule is Cc1cc(OCCCN2CC[C@@H](O)C2)ccc1Br. The average Bonchev–Trinajstić information content (AvgIpc) is 2.75. The van der Waals surface area contributed by atoms with Gasteiger partial charge in [-0.15, -0.1) is 0 Å². The van der Waals surface area contributed by atoms with Crippen LogP contribution in [-0.2, 0) is 0 Å². The van der Waals surface area contributed by atoms with Crippen LogP contribution < -0.4 is 4.74 Å². The topological polar surface area (TPSA) is 32.7 Å². The highest BCUT2D eigenvalue weighted by molar-refractivity contribution is 9.10. The van der Waals surface area contributed by atoms with Gasteiger partial charge in [0.1, 0.15) is 5.75 Å². The Morgan fingerprint density at radius 3 is 3.00 bits per heavy atom. The van der Waals surface area contributed by atoms with Crippen LogP contribution in [0.3, 0.4) is 0 Å². The van der Waals surface area contributed by atoms with Crippen LogP contribution in [0, 0.1) is 6.92 Å². The number of rotatable bonds is 5. The number of aryl methyl sites for hydroxylation is 1. The Kier molecular flexibility index (Phi) is 5.03. The number of hydrogen-bond donors (Lipinski definition) is 1. The van der Waals surface area contributed by atoms with Crippen molar-refractivity contribution in [3.05, 3.63) is 28.2 Å². The van der Waals surface area contributed by atoms with Gasteiger partial charge in [-0.05, 0) is 43.5 Å². The summed E-state index contributed by atoms with van der Waals surface area (Å²) in [7, 11) is 0. The van der Waals surface area contributed by atoms with Crippen molar-refractivity contribution in [2.24, 2.45) is 0 Å². The molecule has 2 rings (SSSR count). The molecule has 1 heterocycles. The Hall–Kier alpha value is -0.580. The van der Waals surface area contributed by atoms with Gasteiger partial charge in [0.05, 0.1) is 12.7 Å². The van der Waals surface area contributed by atoms with Gasteiger partial charge >= 0.3 is 0 Å². The highest BCUT2D eigenvalue weighted by Gasteiger charge is 2.19. The van der Waals surface area contributed by atoms with Gasteiger partial charge in [0.25, 0.3) is 0 Å². The molecule has 0 aromatic heterocycles. The zero-order valence-corrected chi connectivity index (χ0v) is 12.3. The second-order valence-corrected chi connectivity index (χ2v) is 5.71. The lowest BCUT2D eigenvalue weighted by atomic mass is 10.2. The highest BCUT2D eigenvalue weighted by Crippen LogP contribution is 2.21. The molecule has 18 heavy (non-hydrogen) atoms. The van der Waals surface area contributed by atoms with Crippen molar-refractivity contribution in [1.82, 2.24) is 4.90 Å². The van der Waals surface area contributed by atoms with Crippen LogP contribution in [0.4, 0.5) is 0 Å². The molecule has 1 N–H and O–H groups in total. The molecular weight excluding hydrogens is 294 g/mol. The van der Waals surface area contributed by atoms with Crippen molar-refractivity contribution in [2.45, 2.75) is 25.9 Å². The Balaban J connectivity index is 1.67. The van der Waals surface area contributed by atoms with E-state index in [2.05, 4.69) is 27.8 Å². The Labute approximate surface area is 117 Å². The molecule has 100 valence electrons. The van der Waals surface area contributed by atoms with Gasteiger partial charge in [0.2, 0.25) is 0 Å². The second-order valence-electron chi connectivity index (χ2n) is 4.86. The molecule has 4 heteroatoms. The van der Waals surface area contributed by atoms with Crippen molar-refractivity contribution >= 4 is 15.9 Å². The fraction of sp³-hybridized carbons (Fsp3) is 0.571. The summed E-state index contributed by atoms with van der Waals surface area (Å²) in [4.78, 5) is 2.29. The van der Waals surface area contributed by atoms with E-state index in [0.717, 1.165) is 49.3 Å². The molecule has 0 spiro atoms. The van der Waals surface area contributed by atoms with Gasteiger partial charge in [-0.3, -0.25) is 0 Å². The number of aliphatic hydroxyl groups excluding tert-OH is 1. The van der Waals surface area contributed by atoms with Crippen LogP contribution in [-0.4, -0.2) is 42.4 Å². The summed E-state index contributed by atoms with van der Waals surface area (Å²) in [5.74, 6) is 0.928. The number of likely N-dealkylation sites (tertiary alicyclic amines) is 1. The molecule has 0 bridgehead atoms. The van der Waals surface area contributed by atoms with Crippen molar-refractivity contribution in [3.63, 3.8) is 0 Å². The fourth-order valence-corrected chi connectivity index (χ4v) is 2.45. The van der Waals surface area contributed by atoms with E-state index in [0.29, 0.717) is 0 Å². The van der Waals surface area contributed by atoms with E-state index in [1.54, 1.807) is 0 Å². The van der Waals surface area contributed by atoms with Gasteiger partial charge in [-0.1, -0.05) is 15.9 Å². The first kappa shape index (κ1) is 13.8. The number of ether oxygens (including phenoxy) is 1. The van der Waals surface area contributed by atoms with E-state index in [1.807, 2.05) is 18.2 Å². The predicted molar refractivity (Wildman–Crippen MR) is 76.1 cm³/mol. The lowest BCUT2D eigenvalue weighted by Crippen LogP contribution is -2.24. The Morgan fingerprint density at radius 2 is 2.33 bits per heavy atom. The number of halogens is 1. The third-order valence-corrected chi connectivity index (χ3v) is 4.15. The van der Waals surface area contributed by atoms with Crippen LogP contribution in [0.5, 0.6) is 5.75 Å². The van der Waals surface area contributed by atoms with Crippen LogP contribution in [0.2, 0.25) is 0 Å². The van der Waals surface area contributed by atoms with Gasteiger partial charge in [-0.25, -0.2) is 0 Å². The number of hydrogen-bond acceptors (Lipinski definition) is 3. The Bertz CT molecular complexity index is 397. The smallest absolute Gasteiger partial charge is 0.119 e. The molecule has 1 aromatic rings. The molecule has 0 amide bonds. The molecule has 1 atom stereocenters. The molecule has 0 aliphatic carbocycles. The largest absolute Gasteiger partial charge is 0.494 e. The zero-order chi connectivity index (χ0) is 13.0. The normalized spacial score (nSPS) is 20.3. The minimum absolute atomic E-state index is 0.125. The molecule has 1 aromatic carbocycles. The lowest BCUT2D eigenvalue weighted by Gasteiger charge is -2.15. The van der Waals surface area contributed by atoms with Crippen molar-refractivity contribution < 1.29 is 9.84 Å². The highest BCUT2D eigenvalue weighted by atomic mass is 79.9. The van der Waals surface area contributed by atoms with Crippen molar-refractivity contribution in [3.8, 4) is 5.75 Å². The number of β-amino-alcohol motifs (C(OH)–C–C–N with tert-alkyl or cyclic N) is 1. The first-order valence-corrected chi connectivity index (χ1v) is 7.24. The molecule has 1 aliphatic heterocycles. The van der Waals surface area contributed by atoms with E-state index >= 15 is 0 Å². The molecule has 1 saturated heterocycles. The van der Waals surface area contributed by atoms with Crippen LogP contribution in [0.1, 0.15) is 18.4 Å². The van der Waals surface area contributed by atoms with Crippen molar-refractivity contribution in [2.75, 3.05) is 26.2 Å². The molecule has 3 nitrogen and oxygen atoms in total. The molecule has 0 radical (unpaired) electrons. The monoisotopic (exact) mass is 313 g/mol. The Morgan fingerprint density at radius 1 is 1.50 bits per heavy atom.